The molecule has 1 fully saturated rings. The first-order valence-electron chi connectivity index (χ1n) is 6.74. The molecule has 0 aromatic heterocycles. The largest absolute Gasteiger partial charge is 0.480 e. The van der Waals surface area contributed by atoms with E-state index in [-0.39, 0.29) is 5.92 Å². The summed E-state index contributed by atoms with van der Waals surface area (Å²) < 4.78 is 0. The lowest BCUT2D eigenvalue weighted by atomic mass is 9.99. The van der Waals surface area contributed by atoms with Crippen LogP contribution in [-0.4, -0.2) is 37.3 Å². The molecule has 0 amide bonds. The van der Waals surface area contributed by atoms with E-state index in [9.17, 15) is 9.90 Å². The second-order valence-electron chi connectivity index (χ2n) is 5.45. The Balaban J connectivity index is 2.11. The smallest absolute Gasteiger partial charge is 0.321 e. The van der Waals surface area contributed by atoms with Crippen LogP contribution in [0.25, 0.3) is 0 Å². The number of likely N-dealkylation sites (N-methyl/N-ethyl adjacent to an activating group) is 1. The van der Waals surface area contributed by atoms with Crippen LogP contribution in [0.1, 0.15) is 17.5 Å². The molecule has 2 rings (SSSR count). The van der Waals surface area contributed by atoms with Crippen molar-refractivity contribution in [2.45, 2.75) is 26.3 Å². The Morgan fingerprint density at radius 2 is 2.00 bits per heavy atom. The summed E-state index contributed by atoms with van der Waals surface area (Å²) in [5, 5.41) is 12.1. The molecule has 1 aromatic rings. The summed E-state index contributed by atoms with van der Waals surface area (Å²) >= 11 is 0. The molecule has 4 nitrogen and oxygen atoms in total. The van der Waals surface area contributed by atoms with Gasteiger partial charge in [0.15, 0.2) is 0 Å². The van der Waals surface area contributed by atoms with E-state index in [0.717, 1.165) is 19.5 Å². The van der Waals surface area contributed by atoms with Gasteiger partial charge in [0, 0.05) is 24.7 Å². The second-order valence-corrected chi connectivity index (χ2v) is 5.45. The Hall–Kier alpha value is -1.55. The van der Waals surface area contributed by atoms with Gasteiger partial charge in [0.05, 0.1) is 0 Å². The lowest BCUT2D eigenvalue weighted by Crippen LogP contribution is -2.42. The number of aliphatic carboxylic acids is 1. The molecule has 19 heavy (non-hydrogen) atoms. The zero-order valence-corrected chi connectivity index (χ0v) is 11.8. The van der Waals surface area contributed by atoms with E-state index in [4.69, 9.17) is 0 Å². The van der Waals surface area contributed by atoms with Crippen molar-refractivity contribution in [1.82, 2.24) is 5.32 Å². The maximum absolute atomic E-state index is 11.2. The van der Waals surface area contributed by atoms with Gasteiger partial charge in [-0.25, -0.2) is 0 Å². The Morgan fingerprint density at radius 3 is 2.53 bits per heavy atom. The van der Waals surface area contributed by atoms with Gasteiger partial charge in [0.1, 0.15) is 6.04 Å². The molecule has 104 valence electrons. The fraction of sp³-hybridized carbons (Fsp3) is 0.533. The first-order chi connectivity index (χ1) is 9.01. The number of nitrogens with one attached hydrogen (secondary N) is 1. The molecule has 1 aliphatic heterocycles. The normalized spacial score (nSPS) is 20.6. The third-order valence-corrected chi connectivity index (χ3v) is 3.84. The fourth-order valence-corrected chi connectivity index (χ4v) is 2.99. The van der Waals surface area contributed by atoms with Crippen LogP contribution in [0.4, 0.5) is 5.69 Å². The molecule has 0 aliphatic carbocycles. The molecular formula is C15H22N2O2. The van der Waals surface area contributed by atoms with Gasteiger partial charge in [-0.15, -0.1) is 0 Å². The molecule has 2 N–H and O–H groups in total. The van der Waals surface area contributed by atoms with Gasteiger partial charge in [-0.1, -0.05) is 6.07 Å². The van der Waals surface area contributed by atoms with E-state index in [2.05, 4.69) is 42.3 Å². The van der Waals surface area contributed by atoms with Crippen molar-refractivity contribution in [2.24, 2.45) is 5.92 Å². The van der Waals surface area contributed by atoms with Gasteiger partial charge in [0.2, 0.25) is 0 Å². The molecule has 4 heteroatoms. The van der Waals surface area contributed by atoms with Crippen molar-refractivity contribution in [3.05, 3.63) is 29.3 Å². The molecule has 0 saturated carbocycles. The van der Waals surface area contributed by atoms with E-state index in [1.807, 2.05) is 0 Å². The number of hydrogen-bond acceptors (Lipinski definition) is 3. The highest BCUT2D eigenvalue weighted by atomic mass is 16.4. The van der Waals surface area contributed by atoms with Crippen molar-refractivity contribution in [3.63, 3.8) is 0 Å². The molecule has 1 heterocycles. The van der Waals surface area contributed by atoms with Crippen LogP contribution >= 0.6 is 0 Å². The van der Waals surface area contributed by atoms with E-state index in [0.29, 0.717) is 0 Å². The predicted molar refractivity (Wildman–Crippen MR) is 76.7 cm³/mol. The Bertz CT molecular complexity index is 453. The molecule has 0 bridgehead atoms. The highest BCUT2D eigenvalue weighted by Gasteiger charge is 2.33. The second kappa shape index (κ2) is 5.61. The minimum absolute atomic E-state index is 0.170. The van der Waals surface area contributed by atoms with Crippen LogP contribution in [0, 0.1) is 19.8 Å². The highest BCUT2D eigenvalue weighted by molar-refractivity contribution is 5.74. The topological polar surface area (TPSA) is 52.6 Å². The van der Waals surface area contributed by atoms with Crippen LogP contribution in [-0.2, 0) is 4.79 Å². The number of carboxylic acids is 1. The van der Waals surface area contributed by atoms with Gasteiger partial charge in [-0.05, 0) is 50.6 Å². The van der Waals surface area contributed by atoms with E-state index < -0.39 is 12.0 Å². The van der Waals surface area contributed by atoms with Gasteiger partial charge >= 0.3 is 5.97 Å². The third kappa shape index (κ3) is 3.07. The van der Waals surface area contributed by atoms with Gasteiger partial charge in [-0.2, -0.15) is 0 Å². The summed E-state index contributed by atoms with van der Waals surface area (Å²) in [6.07, 6.45) is 0.921. The number of benzene rings is 1. The van der Waals surface area contributed by atoms with Crippen molar-refractivity contribution in [3.8, 4) is 0 Å². The van der Waals surface area contributed by atoms with Crippen molar-refractivity contribution >= 4 is 11.7 Å². The van der Waals surface area contributed by atoms with E-state index in [1.54, 1.807) is 7.05 Å². The molecule has 0 spiro atoms. The van der Waals surface area contributed by atoms with Gasteiger partial charge in [0.25, 0.3) is 0 Å². The maximum atomic E-state index is 11.2. The Labute approximate surface area is 114 Å². The number of carboxylic acid groups (broad SMARTS) is 1. The molecule has 1 aliphatic rings. The standard InChI is InChI=1S/C15H22N2O2/c1-10-6-11(2)8-13(7-10)17-5-4-12(9-17)14(16-3)15(18)19/h6-8,12,14,16H,4-5,9H2,1-3H3,(H,18,19). The molecule has 2 unspecified atom stereocenters. The van der Waals surface area contributed by atoms with E-state index >= 15 is 0 Å². The maximum Gasteiger partial charge on any atom is 0.321 e. The first-order valence-corrected chi connectivity index (χ1v) is 6.74. The van der Waals surface area contributed by atoms with Crippen LogP contribution in [0.15, 0.2) is 18.2 Å². The summed E-state index contributed by atoms with van der Waals surface area (Å²) in [4.78, 5) is 13.5. The van der Waals surface area contributed by atoms with Crippen LogP contribution in [0.5, 0.6) is 0 Å². The third-order valence-electron chi connectivity index (χ3n) is 3.84. The molecular weight excluding hydrogens is 240 g/mol. The summed E-state index contributed by atoms with van der Waals surface area (Å²) in [5.74, 6) is -0.585. The number of carbonyl (C=O) groups is 1. The van der Waals surface area contributed by atoms with Crippen molar-refractivity contribution in [2.75, 3.05) is 25.0 Å². The average molecular weight is 262 g/mol. The zero-order chi connectivity index (χ0) is 14.0. The van der Waals surface area contributed by atoms with Crippen molar-refractivity contribution in [1.29, 1.82) is 0 Å². The van der Waals surface area contributed by atoms with Gasteiger partial charge < -0.3 is 15.3 Å². The Morgan fingerprint density at radius 1 is 1.37 bits per heavy atom. The summed E-state index contributed by atoms with van der Waals surface area (Å²) in [5.41, 5.74) is 3.71. The predicted octanol–water partition coefficient (Wildman–Crippen LogP) is 1.80. The van der Waals surface area contributed by atoms with Crippen LogP contribution < -0.4 is 10.2 Å². The molecule has 1 saturated heterocycles. The molecule has 1 aromatic carbocycles. The minimum atomic E-state index is -0.755. The quantitative estimate of drug-likeness (QED) is 0.869. The SMILES string of the molecule is CNC(C(=O)O)C1CCN(c2cc(C)cc(C)c2)C1. The Kier molecular flexibility index (Phi) is 4.10. The lowest BCUT2D eigenvalue weighted by Gasteiger charge is -2.22. The summed E-state index contributed by atoms with van der Waals surface area (Å²) in [6.45, 7) is 5.93. The monoisotopic (exact) mass is 262 g/mol. The number of aryl methyl sites for hydroxylation is 2. The van der Waals surface area contributed by atoms with Crippen LogP contribution in [0.2, 0.25) is 0 Å². The molecule has 0 radical (unpaired) electrons. The summed E-state index contributed by atoms with van der Waals surface area (Å²) in [7, 11) is 1.72. The van der Waals surface area contributed by atoms with Crippen LogP contribution in [0.3, 0.4) is 0 Å². The fourth-order valence-electron chi connectivity index (χ4n) is 2.99. The van der Waals surface area contributed by atoms with Crippen molar-refractivity contribution < 1.29 is 9.90 Å². The lowest BCUT2D eigenvalue weighted by molar-refractivity contribution is -0.140. The highest BCUT2D eigenvalue weighted by Crippen LogP contribution is 2.27. The first kappa shape index (κ1) is 13.9. The molecule has 2 atom stereocenters. The number of anilines is 1. The minimum Gasteiger partial charge on any atom is -0.480 e. The van der Waals surface area contributed by atoms with E-state index in [1.165, 1.54) is 16.8 Å². The number of nitrogens with zero attached hydrogens (tertiary/aromatic N) is 1. The summed E-state index contributed by atoms with van der Waals surface area (Å²) in [6, 6.07) is 6.05. The number of hydrogen-bond donors (Lipinski definition) is 2. The average Bonchev–Trinajstić information content (AvgIpc) is 2.77. The zero-order valence-electron chi connectivity index (χ0n) is 11.8. The number of rotatable bonds is 4. The van der Waals surface area contributed by atoms with Gasteiger partial charge in [-0.3, -0.25) is 4.79 Å².